The molecule has 4 saturated carbocycles. The van der Waals surface area contributed by atoms with Crippen molar-refractivity contribution >= 4 is 5.97 Å². The number of aliphatic hydroxyl groups is 3. The van der Waals surface area contributed by atoms with Gasteiger partial charge in [-0.05, 0) is 74.2 Å². The van der Waals surface area contributed by atoms with Gasteiger partial charge in [0, 0.05) is 18.4 Å². The molecule has 9 atom stereocenters. The van der Waals surface area contributed by atoms with Crippen molar-refractivity contribution in [2.75, 3.05) is 6.61 Å². The summed E-state index contributed by atoms with van der Waals surface area (Å²) in [5.41, 5.74) is -0.967. The monoisotopic (exact) mass is 404 g/mol. The van der Waals surface area contributed by atoms with Crippen LogP contribution in [0.4, 0.5) is 0 Å². The Morgan fingerprint density at radius 3 is 2.62 bits per heavy atom. The number of cyclic esters (lactones) is 1. The van der Waals surface area contributed by atoms with E-state index in [4.69, 9.17) is 9.47 Å². The van der Waals surface area contributed by atoms with Crippen LogP contribution in [0, 0.1) is 28.6 Å². The third-order valence-electron chi connectivity index (χ3n) is 10.3. The summed E-state index contributed by atoms with van der Waals surface area (Å²) in [5.74, 6) is 0.527. The number of ether oxygens (including phenoxy) is 2. The van der Waals surface area contributed by atoms with E-state index in [2.05, 4.69) is 6.92 Å². The van der Waals surface area contributed by atoms with Crippen molar-refractivity contribution in [1.29, 1.82) is 0 Å². The zero-order valence-corrected chi connectivity index (χ0v) is 17.1. The highest BCUT2D eigenvalue weighted by Crippen LogP contribution is 2.75. The number of fused-ring (bicyclic) bond motifs is 1. The lowest BCUT2D eigenvalue weighted by Gasteiger charge is -2.63. The van der Waals surface area contributed by atoms with Crippen LogP contribution in [-0.2, 0) is 14.3 Å². The van der Waals surface area contributed by atoms with E-state index in [9.17, 15) is 20.1 Å². The van der Waals surface area contributed by atoms with Gasteiger partial charge in [0.05, 0.1) is 22.7 Å². The number of hydrogen-bond donors (Lipinski definition) is 3. The first-order chi connectivity index (χ1) is 13.8. The SMILES string of the molecule is C[C@]12CC[C@H]3[C@@]4(CC[C@]5(O)C[C@H](O)CC[C@]35[C@H](O)O4)[C@@H]1CC[C@@H]2C1=CC(=O)OC1. The van der Waals surface area contributed by atoms with Crippen LogP contribution in [0.5, 0.6) is 0 Å². The molecule has 1 spiro atoms. The standard InChI is InChI=1S/C23H32O6/c1-20-6-5-17-22-7-4-14(24)11-21(22,27)8-9-23(17,29-19(22)26)16(20)3-2-15(20)13-10-18(25)28-12-13/h10,14-17,19,24,26-27H,2-9,11-12H2,1H3/t14-,15-,16-,17-,19-,20-,21+,22-,23-/m1/s1. The van der Waals surface area contributed by atoms with Crippen LogP contribution in [0.15, 0.2) is 11.6 Å². The fourth-order valence-corrected chi connectivity index (χ4v) is 9.19. The van der Waals surface area contributed by atoms with Crippen LogP contribution in [0.25, 0.3) is 0 Å². The maximum atomic E-state index is 11.7. The molecular formula is C23H32O6. The molecule has 3 N–H and O–H groups in total. The number of carbonyl (C=O) groups is 1. The Labute approximate surface area is 171 Å². The van der Waals surface area contributed by atoms with E-state index in [0.29, 0.717) is 44.1 Å². The van der Waals surface area contributed by atoms with Crippen molar-refractivity contribution in [2.45, 2.75) is 88.3 Å². The average molecular weight is 405 g/mol. The van der Waals surface area contributed by atoms with Gasteiger partial charge in [-0.2, -0.15) is 0 Å². The van der Waals surface area contributed by atoms with E-state index in [1.54, 1.807) is 6.08 Å². The second kappa shape index (κ2) is 5.64. The van der Waals surface area contributed by atoms with Gasteiger partial charge in [-0.1, -0.05) is 6.92 Å². The molecule has 0 unspecified atom stereocenters. The quantitative estimate of drug-likeness (QED) is 0.579. The Morgan fingerprint density at radius 1 is 1.03 bits per heavy atom. The van der Waals surface area contributed by atoms with Crippen molar-refractivity contribution < 1.29 is 29.6 Å². The predicted octanol–water partition coefficient (Wildman–Crippen LogP) is 2.06. The number of rotatable bonds is 1. The van der Waals surface area contributed by atoms with E-state index >= 15 is 0 Å². The zero-order chi connectivity index (χ0) is 20.2. The summed E-state index contributed by atoms with van der Waals surface area (Å²) in [6.45, 7) is 2.75. The summed E-state index contributed by atoms with van der Waals surface area (Å²) >= 11 is 0. The van der Waals surface area contributed by atoms with Crippen molar-refractivity contribution in [2.24, 2.45) is 28.6 Å². The zero-order valence-electron chi connectivity index (χ0n) is 17.1. The first-order valence-corrected chi connectivity index (χ1v) is 11.4. The second-order valence-electron chi connectivity index (χ2n) is 11.0. The van der Waals surface area contributed by atoms with Crippen LogP contribution < -0.4 is 0 Å². The minimum absolute atomic E-state index is 0.0190. The molecule has 5 fully saturated rings. The normalized spacial score (nSPS) is 58.3. The highest BCUT2D eigenvalue weighted by Gasteiger charge is 2.79. The van der Waals surface area contributed by atoms with Crippen LogP contribution in [0.3, 0.4) is 0 Å². The molecule has 0 amide bonds. The minimum atomic E-state index is -1.05. The number of esters is 1. The highest BCUT2D eigenvalue weighted by atomic mass is 16.6. The first kappa shape index (κ1) is 18.8. The van der Waals surface area contributed by atoms with Gasteiger partial charge in [-0.25, -0.2) is 4.79 Å². The lowest BCUT2D eigenvalue weighted by atomic mass is 9.42. The number of hydrogen-bond acceptors (Lipinski definition) is 6. The average Bonchev–Trinajstić information content (AvgIpc) is 3.29. The van der Waals surface area contributed by atoms with Crippen molar-refractivity contribution in [3.05, 3.63) is 11.6 Å². The molecule has 2 aliphatic heterocycles. The molecule has 6 rings (SSSR count). The van der Waals surface area contributed by atoms with Gasteiger partial charge in [0.15, 0.2) is 6.29 Å². The molecule has 1 saturated heterocycles. The van der Waals surface area contributed by atoms with Crippen LogP contribution in [0.2, 0.25) is 0 Å². The van der Waals surface area contributed by atoms with Gasteiger partial charge in [0.1, 0.15) is 6.61 Å². The van der Waals surface area contributed by atoms with Crippen molar-refractivity contribution in [3.8, 4) is 0 Å². The van der Waals surface area contributed by atoms with E-state index < -0.39 is 29.0 Å². The summed E-state index contributed by atoms with van der Waals surface area (Å²) < 4.78 is 11.8. The maximum Gasteiger partial charge on any atom is 0.331 e. The topological polar surface area (TPSA) is 96.2 Å². The summed E-state index contributed by atoms with van der Waals surface area (Å²) in [6, 6.07) is 0. The van der Waals surface area contributed by atoms with Crippen molar-refractivity contribution in [1.82, 2.24) is 0 Å². The Hall–Kier alpha value is -0.950. The first-order valence-electron chi connectivity index (χ1n) is 11.4. The second-order valence-corrected chi connectivity index (χ2v) is 11.0. The largest absolute Gasteiger partial charge is 0.458 e. The Bertz CT molecular complexity index is 794. The van der Waals surface area contributed by atoms with E-state index in [0.717, 1.165) is 37.7 Å². The molecule has 160 valence electrons. The summed E-state index contributed by atoms with van der Waals surface area (Å²) in [5, 5.41) is 33.1. The van der Waals surface area contributed by atoms with Crippen molar-refractivity contribution in [3.63, 3.8) is 0 Å². The predicted molar refractivity (Wildman–Crippen MR) is 102 cm³/mol. The fourth-order valence-electron chi connectivity index (χ4n) is 9.19. The van der Waals surface area contributed by atoms with Gasteiger partial charge in [0.2, 0.25) is 0 Å². The lowest BCUT2D eigenvalue weighted by Crippen LogP contribution is -2.67. The molecule has 0 aromatic rings. The third kappa shape index (κ3) is 2.05. The van der Waals surface area contributed by atoms with Gasteiger partial charge in [-0.3, -0.25) is 0 Å². The highest BCUT2D eigenvalue weighted by molar-refractivity contribution is 5.85. The third-order valence-corrected chi connectivity index (χ3v) is 10.3. The Kier molecular flexibility index (Phi) is 3.65. The maximum absolute atomic E-state index is 11.7. The molecule has 6 nitrogen and oxygen atoms in total. The Balaban J connectivity index is 1.40. The molecule has 2 heterocycles. The summed E-state index contributed by atoms with van der Waals surface area (Å²) in [6.07, 6.45) is 7.10. The molecule has 6 heteroatoms. The lowest BCUT2D eigenvalue weighted by molar-refractivity contribution is -0.231. The molecular weight excluding hydrogens is 372 g/mol. The van der Waals surface area contributed by atoms with Gasteiger partial charge in [0.25, 0.3) is 0 Å². The van der Waals surface area contributed by atoms with Gasteiger partial charge < -0.3 is 24.8 Å². The molecule has 0 aromatic carbocycles. The Morgan fingerprint density at radius 2 is 1.86 bits per heavy atom. The summed E-state index contributed by atoms with van der Waals surface area (Å²) in [7, 11) is 0. The van der Waals surface area contributed by atoms with E-state index in [1.165, 1.54) is 0 Å². The molecule has 29 heavy (non-hydrogen) atoms. The van der Waals surface area contributed by atoms with E-state index in [-0.39, 0.29) is 17.3 Å². The van der Waals surface area contributed by atoms with Crippen LogP contribution in [-0.4, -0.2) is 51.5 Å². The van der Waals surface area contributed by atoms with Crippen LogP contribution in [0.1, 0.15) is 64.7 Å². The molecule has 4 aliphatic carbocycles. The minimum Gasteiger partial charge on any atom is -0.458 e. The van der Waals surface area contributed by atoms with Gasteiger partial charge >= 0.3 is 5.97 Å². The molecule has 0 aromatic heterocycles. The van der Waals surface area contributed by atoms with Crippen LogP contribution >= 0.6 is 0 Å². The molecule has 2 bridgehead atoms. The number of aliphatic hydroxyl groups excluding tert-OH is 2. The van der Waals surface area contributed by atoms with Gasteiger partial charge in [-0.15, -0.1) is 0 Å². The fraction of sp³-hybridized carbons (Fsp3) is 0.870. The van der Waals surface area contributed by atoms with E-state index in [1.807, 2.05) is 0 Å². The molecule has 0 radical (unpaired) electrons. The smallest absolute Gasteiger partial charge is 0.331 e. The molecule has 6 aliphatic rings. The summed E-state index contributed by atoms with van der Waals surface area (Å²) in [4.78, 5) is 11.7. The number of carbonyl (C=O) groups excluding carboxylic acids is 1.